The van der Waals surface area contributed by atoms with Gasteiger partial charge in [0, 0.05) is 6.54 Å². The number of hydrogen-bond acceptors (Lipinski definition) is 3. The molecular formula is C14H13NO2. The minimum atomic E-state index is 0.705. The zero-order chi connectivity index (χ0) is 11.7. The van der Waals surface area contributed by atoms with E-state index < -0.39 is 0 Å². The predicted molar refractivity (Wildman–Crippen MR) is 66.8 cm³/mol. The summed E-state index contributed by atoms with van der Waals surface area (Å²) in [5.74, 6) is 2.55. The largest absolute Gasteiger partial charge is 0.496 e. The quantitative estimate of drug-likeness (QED) is 0.809. The van der Waals surface area contributed by atoms with Crippen LogP contribution >= 0.6 is 0 Å². The highest BCUT2D eigenvalue weighted by Gasteiger charge is 2.16. The summed E-state index contributed by atoms with van der Waals surface area (Å²) in [5, 5.41) is 3.35. The van der Waals surface area contributed by atoms with E-state index in [0.29, 0.717) is 6.54 Å². The van der Waals surface area contributed by atoms with E-state index in [1.807, 2.05) is 42.5 Å². The van der Waals surface area contributed by atoms with Gasteiger partial charge in [0.25, 0.3) is 0 Å². The van der Waals surface area contributed by atoms with E-state index >= 15 is 0 Å². The number of rotatable bonds is 1. The van der Waals surface area contributed by atoms with E-state index in [9.17, 15) is 0 Å². The van der Waals surface area contributed by atoms with Gasteiger partial charge in [-0.05, 0) is 24.3 Å². The lowest BCUT2D eigenvalue weighted by atomic mass is 10.2. The van der Waals surface area contributed by atoms with Crippen molar-refractivity contribution in [3.63, 3.8) is 0 Å². The van der Waals surface area contributed by atoms with E-state index in [2.05, 4.69) is 5.32 Å². The average molecular weight is 227 g/mol. The third-order valence-electron chi connectivity index (χ3n) is 2.87. The van der Waals surface area contributed by atoms with E-state index in [4.69, 9.17) is 9.47 Å². The number of hydrogen-bond donors (Lipinski definition) is 1. The Morgan fingerprint density at radius 3 is 2.76 bits per heavy atom. The van der Waals surface area contributed by atoms with Gasteiger partial charge in [0.2, 0.25) is 0 Å². The maximum Gasteiger partial charge on any atom is 0.150 e. The molecule has 0 unspecified atom stereocenters. The Hall–Kier alpha value is -2.16. The number of anilines is 1. The molecule has 0 saturated carbocycles. The smallest absolute Gasteiger partial charge is 0.150 e. The third kappa shape index (κ3) is 1.69. The molecule has 0 saturated heterocycles. The highest BCUT2D eigenvalue weighted by molar-refractivity contribution is 5.62. The Labute approximate surface area is 100.0 Å². The first-order valence-corrected chi connectivity index (χ1v) is 5.55. The number of para-hydroxylation sites is 2. The fourth-order valence-corrected chi connectivity index (χ4v) is 2.01. The second kappa shape index (κ2) is 4.01. The van der Waals surface area contributed by atoms with Crippen molar-refractivity contribution >= 4 is 5.69 Å². The fourth-order valence-electron chi connectivity index (χ4n) is 2.01. The van der Waals surface area contributed by atoms with Crippen molar-refractivity contribution in [2.24, 2.45) is 0 Å². The molecule has 3 rings (SSSR count). The van der Waals surface area contributed by atoms with Crippen LogP contribution in [0, 0.1) is 0 Å². The molecule has 0 radical (unpaired) electrons. The summed E-state index contributed by atoms with van der Waals surface area (Å²) in [6.45, 7) is 0.705. The van der Waals surface area contributed by atoms with Crippen LogP contribution in [0.3, 0.4) is 0 Å². The van der Waals surface area contributed by atoms with Crippen LogP contribution in [0.25, 0.3) is 0 Å². The summed E-state index contributed by atoms with van der Waals surface area (Å²) in [6.07, 6.45) is 0. The average Bonchev–Trinajstić information content (AvgIpc) is 2.57. The molecule has 2 aromatic rings. The van der Waals surface area contributed by atoms with Crippen molar-refractivity contribution < 1.29 is 9.47 Å². The normalized spacial score (nSPS) is 12.5. The van der Waals surface area contributed by atoms with E-state index in [0.717, 1.165) is 28.5 Å². The molecule has 3 nitrogen and oxygen atoms in total. The maximum atomic E-state index is 5.90. The number of methoxy groups -OCH3 is 1. The van der Waals surface area contributed by atoms with Crippen LogP contribution in [0.4, 0.5) is 5.69 Å². The van der Waals surface area contributed by atoms with Crippen molar-refractivity contribution in [3.8, 4) is 17.2 Å². The van der Waals surface area contributed by atoms with Gasteiger partial charge in [-0.2, -0.15) is 0 Å². The van der Waals surface area contributed by atoms with Gasteiger partial charge in [-0.15, -0.1) is 0 Å². The molecule has 3 heteroatoms. The van der Waals surface area contributed by atoms with Crippen molar-refractivity contribution in [2.45, 2.75) is 6.54 Å². The topological polar surface area (TPSA) is 30.5 Å². The van der Waals surface area contributed by atoms with Crippen molar-refractivity contribution in [3.05, 3.63) is 48.0 Å². The first-order chi connectivity index (χ1) is 8.38. The Morgan fingerprint density at radius 1 is 1.06 bits per heavy atom. The lowest BCUT2D eigenvalue weighted by molar-refractivity contribution is 0.404. The minimum absolute atomic E-state index is 0.705. The predicted octanol–water partition coefficient (Wildman–Crippen LogP) is 3.41. The van der Waals surface area contributed by atoms with Crippen molar-refractivity contribution in [2.75, 3.05) is 12.4 Å². The van der Waals surface area contributed by atoms with Gasteiger partial charge in [0.05, 0.1) is 18.4 Å². The van der Waals surface area contributed by atoms with Gasteiger partial charge in [0.1, 0.15) is 11.5 Å². The molecule has 0 fully saturated rings. The molecule has 0 amide bonds. The number of fused-ring (bicyclic) bond motifs is 2. The highest BCUT2D eigenvalue weighted by Crippen LogP contribution is 2.38. The van der Waals surface area contributed by atoms with Crippen molar-refractivity contribution in [1.82, 2.24) is 0 Å². The molecule has 0 aromatic heterocycles. The standard InChI is InChI=1S/C14H13NO2/c1-16-12-7-4-8-13-10(12)9-15-11-5-2-3-6-14(11)17-13/h2-8,15H,9H2,1H3. The Balaban J connectivity index is 2.09. The molecule has 1 N–H and O–H groups in total. The van der Waals surface area contributed by atoms with Crippen molar-refractivity contribution in [1.29, 1.82) is 0 Å². The van der Waals surface area contributed by atoms with Gasteiger partial charge < -0.3 is 14.8 Å². The zero-order valence-electron chi connectivity index (χ0n) is 9.57. The number of nitrogens with one attached hydrogen (secondary N) is 1. The fraction of sp³-hybridized carbons (Fsp3) is 0.143. The van der Waals surface area contributed by atoms with Gasteiger partial charge in [0.15, 0.2) is 5.75 Å². The molecular weight excluding hydrogens is 214 g/mol. The molecule has 0 atom stereocenters. The van der Waals surface area contributed by atoms with Crippen LogP contribution in [0.5, 0.6) is 17.2 Å². The summed E-state index contributed by atoms with van der Waals surface area (Å²) < 4.78 is 11.2. The molecule has 1 aliphatic heterocycles. The molecule has 1 aliphatic rings. The van der Waals surface area contributed by atoms with Crippen LogP contribution in [-0.4, -0.2) is 7.11 Å². The van der Waals surface area contributed by atoms with Crippen LogP contribution < -0.4 is 14.8 Å². The SMILES string of the molecule is COc1cccc2c1CNc1ccccc1O2. The minimum Gasteiger partial charge on any atom is -0.496 e. The highest BCUT2D eigenvalue weighted by atomic mass is 16.5. The molecule has 0 spiro atoms. The van der Waals surface area contributed by atoms with E-state index in [1.54, 1.807) is 7.11 Å². The maximum absolute atomic E-state index is 5.90. The van der Waals surface area contributed by atoms with Gasteiger partial charge in [-0.25, -0.2) is 0 Å². The zero-order valence-corrected chi connectivity index (χ0v) is 9.57. The second-order valence-electron chi connectivity index (χ2n) is 3.89. The Kier molecular flexibility index (Phi) is 2.37. The lowest BCUT2D eigenvalue weighted by Gasteiger charge is -2.10. The lowest BCUT2D eigenvalue weighted by Crippen LogP contribution is -1.99. The Bertz CT molecular complexity index is 552. The Morgan fingerprint density at radius 2 is 1.88 bits per heavy atom. The van der Waals surface area contributed by atoms with E-state index in [-0.39, 0.29) is 0 Å². The molecule has 17 heavy (non-hydrogen) atoms. The summed E-state index contributed by atoms with van der Waals surface area (Å²) in [5.41, 5.74) is 2.05. The summed E-state index contributed by atoms with van der Waals surface area (Å²) in [4.78, 5) is 0. The molecule has 0 aliphatic carbocycles. The number of ether oxygens (including phenoxy) is 2. The van der Waals surface area contributed by atoms with Crippen LogP contribution in [-0.2, 0) is 6.54 Å². The first-order valence-electron chi connectivity index (χ1n) is 5.55. The monoisotopic (exact) mass is 227 g/mol. The molecule has 0 bridgehead atoms. The molecule has 1 heterocycles. The summed E-state index contributed by atoms with van der Waals surface area (Å²) in [6, 6.07) is 13.8. The van der Waals surface area contributed by atoms with Gasteiger partial charge >= 0.3 is 0 Å². The molecule has 2 aromatic carbocycles. The second-order valence-corrected chi connectivity index (χ2v) is 3.89. The van der Waals surface area contributed by atoms with E-state index in [1.165, 1.54) is 0 Å². The third-order valence-corrected chi connectivity index (χ3v) is 2.87. The van der Waals surface area contributed by atoms with Crippen LogP contribution in [0.2, 0.25) is 0 Å². The summed E-state index contributed by atoms with van der Waals surface area (Å²) in [7, 11) is 1.67. The van der Waals surface area contributed by atoms with Gasteiger partial charge in [-0.1, -0.05) is 18.2 Å². The van der Waals surface area contributed by atoms with Gasteiger partial charge in [-0.3, -0.25) is 0 Å². The van der Waals surface area contributed by atoms with Crippen LogP contribution in [0.1, 0.15) is 5.56 Å². The summed E-state index contributed by atoms with van der Waals surface area (Å²) >= 11 is 0. The number of benzene rings is 2. The first kappa shape index (κ1) is 10.0. The van der Waals surface area contributed by atoms with Crippen LogP contribution in [0.15, 0.2) is 42.5 Å². The molecule has 86 valence electrons.